The van der Waals surface area contributed by atoms with E-state index in [0.29, 0.717) is 16.8 Å². The van der Waals surface area contributed by atoms with Gasteiger partial charge in [0.1, 0.15) is 0 Å². The van der Waals surface area contributed by atoms with E-state index in [1.54, 1.807) is 18.2 Å². The summed E-state index contributed by atoms with van der Waals surface area (Å²) in [4.78, 5) is 18.0. The Hall–Kier alpha value is -1.81. The van der Waals surface area contributed by atoms with Crippen LogP contribution in [0.4, 0.5) is 5.69 Å². The molecule has 2 rings (SSSR count). The molecule has 0 saturated carbocycles. The Morgan fingerprint density at radius 1 is 1.35 bits per heavy atom. The van der Waals surface area contributed by atoms with Crippen molar-refractivity contribution in [2.75, 3.05) is 19.1 Å². The first-order valence-corrected chi connectivity index (χ1v) is 6.73. The summed E-state index contributed by atoms with van der Waals surface area (Å²) in [5, 5.41) is 1.32. The summed E-state index contributed by atoms with van der Waals surface area (Å²) in [6.07, 6.45) is 0. The van der Waals surface area contributed by atoms with Gasteiger partial charge in [-0.1, -0.05) is 11.6 Å². The first-order valence-electron chi connectivity index (χ1n) is 6.35. The smallest absolute Gasteiger partial charge is 0.337 e. The quantitative estimate of drug-likeness (QED) is 0.641. The van der Waals surface area contributed by atoms with Crippen molar-refractivity contribution in [2.24, 2.45) is 0 Å². The molecule has 0 aliphatic carbocycles. The highest BCUT2D eigenvalue weighted by atomic mass is 35.5. The molecule has 0 radical (unpaired) electrons. The molecular weight excluding hydrogens is 276 g/mol. The number of nitrogens with zero attached hydrogens (tertiary/aromatic N) is 2. The number of esters is 1. The van der Waals surface area contributed by atoms with Gasteiger partial charge in [0.25, 0.3) is 0 Å². The van der Waals surface area contributed by atoms with Gasteiger partial charge < -0.3 is 9.64 Å². The maximum atomic E-state index is 11.6. The Bertz CT molecular complexity index is 656. The van der Waals surface area contributed by atoms with Crippen molar-refractivity contribution in [3.63, 3.8) is 0 Å². The van der Waals surface area contributed by atoms with Crippen molar-refractivity contribution >= 4 is 34.2 Å². The molecule has 106 valence electrons. The Labute approximate surface area is 123 Å². The molecule has 0 amide bonds. The van der Waals surface area contributed by atoms with Crippen LogP contribution in [0.2, 0.25) is 5.15 Å². The van der Waals surface area contributed by atoms with Gasteiger partial charge >= 0.3 is 5.97 Å². The molecule has 1 heterocycles. The summed E-state index contributed by atoms with van der Waals surface area (Å²) in [7, 11) is 3.33. The standard InChI is InChI=1S/C15H17ClN2O2/c1-9(2)18(3)13-8-11-7-10(15(19)20-4)5-6-12(11)17-14(13)16/h5-9H,1-4H3. The van der Waals surface area contributed by atoms with Crippen molar-refractivity contribution in [1.29, 1.82) is 0 Å². The summed E-state index contributed by atoms with van der Waals surface area (Å²) < 4.78 is 4.73. The maximum absolute atomic E-state index is 11.6. The second-order valence-corrected chi connectivity index (χ2v) is 5.26. The molecule has 0 aliphatic heterocycles. The fourth-order valence-corrected chi connectivity index (χ4v) is 2.19. The van der Waals surface area contributed by atoms with Gasteiger partial charge in [0.2, 0.25) is 0 Å². The molecule has 4 nitrogen and oxygen atoms in total. The number of ether oxygens (including phenoxy) is 1. The van der Waals surface area contributed by atoms with Crippen LogP contribution in [0.1, 0.15) is 24.2 Å². The van der Waals surface area contributed by atoms with Crippen molar-refractivity contribution in [1.82, 2.24) is 4.98 Å². The van der Waals surface area contributed by atoms with Crippen LogP contribution in [-0.4, -0.2) is 31.2 Å². The molecular formula is C15H17ClN2O2. The third-order valence-electron chi connectivity index (χ3n) is 3.33. The Balaban J connectivity index is 2.57. The zero-order valence-corrected chi connectivity index (χ0v) is 12.7. The fourth-order valence-electron chi connectivity index (χ4n) is 1.91. The number of rotatable bonds is 3. The van der Waals surface area contributed by atoms with Crippen LogP contribution in [0.5, 0.6) is 0 Å². The topological polar surface area (TPSA) is 42.4 Å². The third kappa shape index (κ3) is 2.70. The van der Waals surface area contributed by atoms with Crippen LogP contribution < -0.4 is 4.90 Å². The molecule has 0 bridgehead atoms. The molecule has 20 heavy (non-hydrogen) atoms. The summed E-state index contributed by atoms with van der Waals surface area (Å²) >= 11 is 6.23. The van der Waals surface area contributed by atoms with Crippen molar-refractivity contribution in [3.05, 3.63) is 35.0 Å². The predicted octanol–water partition coefficient (Wildman–Crippen LogP) is 3.52. The molecule has 1 aromatic heterocycles. The van der Waals surface area contributed by atoms with Gasteiger partial charge in [0, 0.05) is 18.5 Å². The minimum absolute atomic E-state index is 0.301. The van der Waals surface area contributed by atoms with Gasteiger partial charge in [-0.05, 0) is 38.1 Å². The number of anilines is 1. The van der Waals surface area contributed by atoms with Crippen LogP contribution in [0.15, 0.2) is 24.3 Å². The Kier molecular flexibility index (Phi) is 4.14. The first kappa shape index (κ1) is 14.6. The van der Waals surface area contributed by atoms with E-state index in [1.807, 2.05) is 18.0 Å². The molecule has 0 saturated heterocycles. The van der Waals surface area contributed by atoms with Crippen LogP contribution in [0.25, 0.3) is 10.9 Å². The average molecular weight is 293 g/mol. The highest BCUT2D eigenvalue weighted by molar-refractivity contribution is 6.32. The SMILES string of the molecule is COC(=O)c1ccc2nc(Cl)c(N(C)C(C)C)cc2c1. The van der Waals surface area contributed by atoms with E-state index >= 15 is 0 Å². The fraction of sp³-hybridized carbons (Fsp3) is 0.333. The van der Waals surface area contributed by atoms with Crippen LogP contribution >= 0.6 is 11.6 Å². The highest BCUT2D eigenvalue weighted by Gasteiger charge is 2.13. The molecule has 0 atom stereocenters. The lowest BCUT2D eigenvalue weighted by atomic mass is 10.1. The number of benzene rings is 1. The highest BCUT2D eigenvalue weighted by Crippen LogP contribution is 2.29. The zero-order chi connectivity index (χ0) is 14.9. The number of fused-ring (bicyclic) bond motifs is 1. The predicted molar refractivity (Wildman–Crippen MR) is 81.6 cm³/mol. The lowest BCUT2D eigenvalue weighted by molar-refractivity contribution is 0.0601. The number of carbonyl (C=O) groups is 1. The van der Waals surface area contributed by atoms with Gasteiger partial charge in [0.15, 0.2) is 5.15 Å². The van der Waals surface area contributed by atoms with E-state index in [1.165, 1.54) is 7.11 Å². The summed E-state index contributed by atoms with van der Waals surface area (Å²) in [5.74, 6) is -0.361. The zero-order valence-electron chi connectivity index (χ0n) is 12.0. The van der Waals surface area contributed by atoms with Gasteiger partial charge in [-0.15, -0.1) is 0 Å². The van der Waals surface area contributed by atoms with E-state index in [2.05, 4.69) is 18.8 Å². The first-order chi connectivity index (χ1) is 9.43. The second kappa shape index (κ2) is 5.67. The summed E-state index contributed by atoms with van der Waals surface area (Å²) in [6, 6.07) is 7.46. The number of methoxy groups -OCH3 is 1. The number of pyridine rings is 1. The van der Waals surface area contributed by atoms with Gasteiger partial charge in [-0.3, -0.25) is 0 Å². The molecule has 0 spiro atoms. The molecule has 0 N–H and O–H groups in total. The van der Waals surface area contributed by atoms with Crippen LogP contribution in [0.3, 0.4) is 0 Å². The lowest BCUT2D eigenvalue weighted by Crippen LogP contribution is -2.26. The minimum Gasteiger partial charge on any atom is -0.465 e. The number of carbonyl (C=O) groups excluding carboxylic acids is 1. The lowest BCUT2D eigenvalue weighted by Gasteiger charge is -2.24. The second-order valence-electron chi connectivity index (χ2n) is 4.90. The molecule has 1 aromatic carbocycles. The number of hydrogen-bond donors (Lipinski definition) is 0. The average Bonchev–Trinajstić information content (AvgIpc) is 2.44. The van der Waals surface area contributed by atoms with Crippen molar-refractivity contribution < 1.29 is 9.53 Å². The van der Waals surface area contributed by atoms with E-state index in [-0.39, 0.29) is 5.97 Å². The van der Waals surface area contributed by atoms with E-state index in [4.69, 9.17) is 16.3 Å². The Morgan fingerprint density at radius 2 is 2.05 bits per heavy atom. The van der Waals surface area contributed by atoms with Gasteiger partial charge in [-0.25, -0.2) is 9.78 Å². The third-order valence-corrected chi connectivity index (χ3v) is 3.60. The molecule has 0 fully saturated rings. The van der Waals surface area contributed by atoms with Gasteiger partial charge in [-0.2, -0.15) is 0 Å². The number of halogens is 1. The van der Waals surface area contributed by atoms with Crippen LogP contribution in [0, 0.1) is 0 Å². The molecule has 0 unspecified atom stereocenters. The maximum Gasteiger partial charge on any atom is 0.337 e. The Morgan fingerprint density at radius 3 is 2.65 bits per heavy atom. The molecule has 5 heteroatoms. The van der Waals surface area contributed by atoms with E-state index < -0.39 is 0 Å². The van der Waals surface area contributed by atoms with Crippen molar-refractivity contribution in [3.8, 4) is 0 Å². The monoisotopic (exact) mass is 292 g/mol. The molecule has 2 aromatic rings. The summed E-state index contributed by atoms with van der Waals surface area (Å²) in [6.45, 7) is 4.15. The van der Waals surface area contributed by atoms with E-state index in [0.717, 1.165) is 16.6 Å². The number of aromatic nitrogens is 1. The van der Waals surface area contributed by atoms with E-state index in [9.17, 15) is 4.79 Å². The summed E-state index contributed by atoms with van der Waals surface area (Å²) in [5.41, 5.74) is 2.10. The largest absolute Gasteiger partial charge is 0.465 e. The van der Waals surface area contributed by atoms with Crippen molar-refractivity contribution in [2.45, 2.75) is 19.9 Å². The normalized spacial score (nSPS) is 10.9. The van der Waals surface area contributed by atoms with Crippen LogP contribution in [-0.2, 0) is 4.74 Å². The number of hydrogen-bond acceptors (Lipinski definition) is 4. The molecule has 0 aliphatic rings. The van der Waals surface area contributed by atoms with Gasteiger partial charge in [0.05, 0.1) is 23.9 Å². The minimum atomic E-state index is -0.361.